The highest BCUT2D eigenvalue weighted by atomic mass is 35.5. The summed E-state index contributed by atoms with van der Waals surface area (Å²) < 4.78 is 21.3. The Morgan fingerprint density at radius 1 is 1.12 bits per heavy atom. The topological polar surface area (TPSA) is 27.1 Å². The van der Waals surface area contributed by atoms with E-state index >= 15 is 0 Å². The molecule has 0 amide bonds. The second kappa shape index (κ2) is 9.32. The van der Waals surface area contributed by atoms with E-state index in [1.807, 2.05) is 47.2 Å². The van der Waals surface area contributed by atoms with Gasteiger partial charge in [0.1, 0.15) is 5.82 Å². The Kier molecular flexibility index (Phi) is 6.58. The van der Waals surface area contributed by atoms with Gasteiger partial charge in [-0.15, -0.1) is 0 Å². The molecule has 1 atom stereocenters. The summed E-state index contributed by atoms with van der Waals surface area (Å²) in [6.45, 7) is 1.25. The third kappa shape index (κ3) is 5.55. The van der Waals surface area contributed by atoms with E-state index in [9.17, 15) is 4.39 Å². The van der Waals surface area contributed by atoms with Crippen LogP contribution < -0.4 is 0 Å². The van der Waals surface area contributed by atoms with Crippen LogP contribution in [0.2, 0.25) is 5.02 Å². The molecule has 0 saturated heterocycles. The number of aryl methyl sites for hydroxylation is 1. The van der Waals surface area contributed by atoms with Crippen molar-refractivity contribution < 1.29 is 9.13 Å². The maximum atomic E-state index is 13.2. The third-order valence-electron chi connectivity index (χ3n) is 4.02. The summed E-state index contributed by atoms with van der Waals surface area (Å²) in [5.41, 5.74) is 2.03. The lowest BCUT2D eigenvalue weighted by Crippen LogP contribution is -2.08. The number of rotatable bonds is 8. The summed E-state index contributed by atoms with van der Waals surface area (Å²) in [5.74, 6) is -0.246. The molecule has 0 bridgehead atoms. The van der Waals surface area contributed by atoms with Gasteiger partial charge in [0, 0.05) is 24.0 Å². The average molecular weight is 371 g/mol. The molecule has 3 nitrogen and oxygen atoms in total. The molecule has 0 saturated carbocycles. The largest absolute Gasteiger partial charge is 0.369 e. The van der Waals surface area contributed by atoms with Crippen LogP contribution >= 0.6 is 11.6 Å². The lowest BCUT2D eigenvalue weighted by Gasteiger charge is -2.18. The van der Waals surface area contributed by atoms with Gasteiger partial charge in [-0.05, 0) is 41.8 Å². The van der Waals surface area contributed by atoms with E-state index in [4.69, 9.17) is 16.3 Å². The van der Waals surface area contributed by atoms with Crippen molar-refractivity contribution in [2.24, 2.45) is 0 Å². The first kappa shape index (κ1) is 18.4. The fourth-order valence-corrected chi connectivity index (χ4v) is 2.76. The van der Waals surface area contributed by atoms with Crippen molar-refractivity contribution in [2.75, 3.05) is 6.61 Å². The van der Waals surface area contributed by atoms with Crippen LogP contribution in [0.4, 0.5) is 4.39 Å². The second-order valence-corrected chi connectivity index (χ2v) is 6.35. The molecular formula is C21H20ClFN2O. The third-order valence-corrected chi connectivity index (χ3v) is 4.28. The number of imidazole rings is 1. The Morgan fingerprint density at radius 3 is 2.58 bits per heavy atom. The van der Waals surface area contributed by atoms with Crippen LogP contribution in [0, 0.1) is 5.82 Å². The van der Waals surface area contributed by atoms with E-state index in [0.717, 1.165) is 24.1 Å². The molecule has 3 rings (SSSR count). The molecule has 0 aliphatic heterocycles. The van der Waals surface area contributed by atoms with Gasteiger partial charge in [-0.1, -0.05) is 48.0 Å². The van der Waals surface area contributed by atoms with Crippen molar-refractivity contribution >= 4 is 17.7 Å². The SMILES string of the molecule is Fc1ccc(C(CCn2ccnc2)OCC=Cc2ccc(Cl)cc2)cc1. The van der Waals surface area contributed by atoms with E-state index in [1.54, 1.807) is 24.7 Å². The lowest BCUT2D eigenvalue weighted by atomic mass is 10.1. The fraction of sp³-hybridized carbons (Fsp3) is 0.190. The summed E-state index contributed by atoms with van der Waals surface area (Å²) in [7, 11) is 0. The van der Waals surface area contributed by atoms with Crippen molar-refractivity contribution in [3.8, 4) is 0 Å². The summed E-state index contributed by atoms with van der Waals surface area (Å²) in [6, 6.07) is 14.1. The Labute approximate surface area is 157 Å². The Hall–Kier alpha value is -2.43. The van der Waals surface area contributed by atoms with Gasteiger partial charge < -0.3 is 9.30 Å². The number of hydrogen-bond acceptors (Lipinski definition) is 2. The Morgan fingerprint density at radius 2 is 1.88 bits per heavy atom. The van der Waals surface area contributed by atoms with Crippen LogP contribution in [-0.4, -0.2) is 16.2 Å². The molecule has 0 aliphatic rings. The summed E-state index contributed by atoms with van der Waals surface area (Å²) >= 11 is 5.89. The molecule has 134 valence electrons. The van der Waals surface area contributed by atoms with E-state index < -0.39 is 0 Å². The quantitative estimate of drug-likeness (QED) is 0.520. The molecule has 5 heteroatoms. The molecule has 1 unspecified atom stereocenters. The van der Waals surface area contributed by atoms with Gasteiger partial charge in [-0.2, -0.15) is 0 Å². The van der Waals surface area contributed by atoms with Crippen molar-refractivity contribution in [2.45, 2.75) is 19.1 Å². The zero-order chi connectivity index (χ0) is 18.2. The van der Waals surface area contributed by atoms with E-state index in [2.05, 4.69) is 4.98 Å². The smallest absolute Gasteiger partial charge is 0.123 e. The number of nitrogens with zero attached hydrogens (tertiary/aromatic N) is 2. The van der Waals surface area contributed by atoms with Crippen molar-refractivity contribution in [1.29, 1.82) is 0 Å². The Bertz CT molecular complexity index is 814. The van der Waals surface area contributed by atoms with Gasteiger partial charge in [0.2, 0.25) is 0 Å². The summed E-state index contributed by atoms with van der Waals surface area (Å²) in [6.07, 6.45) is 10.1. The van der Waals surface area contributed by atoms with Gasteiger partial charge in [-0.3, -0.25) is 0 Å². The van der Waals surface area contributed by atoms with E-state index in [1.165, 1.54) is 12.1 Å². The highest BCUT2D eigenvalue weighted by Gasteiger charge is 2.12. The minimum Gasteiger partial charge on any atom is -0.369 e. The molecule has 1 aromatic heterocycles. The monoisotopic (exact) mass is 370 g/mol. The van der Waals surface area contributed by atoms with Crippen LogP contribution in [0.1, 0.15) is 23.7 Å². The minimum absolute atomic E-state index is 0.118. The second-order valence-electron chi connectivity index (χ2n) is 5.92. The predicted octanol–water partition coefficient (Wildman–Crippen LogP) is 5.54. The molecule has 2 aromatic carbocycles. The molecule has 26 heavy (non-hydrogen) atoms. The van der Waals surface area contributed by atoms with Crippen LogP contribution in [0.25, 0.3) is 6.08 Å². The number of ether oxygens (including phenoxy) is 1. The first-order chi connectivity index (χ1) is 12.7. The molecule has 0 spiro atoms. The summed E-state index contributed by atoms with van der Waals surface area (Å²) in [5, 5.41) is 0.717. The summed E-state index contributed by atoms with van der Waals surface area (Å²) in [4.78, 5) is 4.05. The number of hydrogen-bond donors (Lipinski definition) is 0. The first-order valence-corrected chi connectivity index (χ1v) is 8.83. The molecular weight excluding hydrogens is 351 g/mol. The standard InChI is InChI=1S/C21H20ClFN2O/c22-19-7-3-17(4-8-19)2-1-15-26-21(11-13-25-14-12-24-16-25)18-5-9-20(23)10-6-18/h1-10,12,14,16,21H,11,13,15H2. The van der Waals surface area contributed by atoms with Gasteiger partial charge >= 0.3 is 0 Å². The van der Waals surface area contributed by atoms with Crippen LogP contribution in [-0.2, 0) is 11.3 Å². The molecule has 0 aliphatic carbocycles. The fourth-order valence-electron chi connectivity index (χ4n) is 2.64. The van der Waals surface area contributed by atoms with Gasteiger partial charge in [0.25, 0.3) is 0 Å². The van der Waals surface area contributed by atoms with Crippen molar-refractivity contribution in [1.82, 2.24) is 9.55 Å². The Balaban J connectivity index is 1.60. The van der Waals surface area contributed by atoms with Crippen LogP contribution in [0.3, 0.4) is 0 Å². The van der Waals surface area contributed by atoms with Gasteiger partial charge in [-0.25, -0.2) is 9.37 Å². The number of halogens is 2. The average Bonchev–Trinajstić information content (AvgIpc) is 3.17. The van der Waals surface area contributed by atoms with E-state index in [0.29, 0.717) is 11.6 Å². The first-order valence-electron chi connectivity index (χ1n) is 8.45. The lowest BCUT2D eigenvalue weighted by molar-refractivity contribution is 0.0642. The van der Waals surface area contributed by atoms with Crippen molar-refractivity contribution in [3.05, 3.63) is 95.3 Å². The highest BCUT2D eigenvalue weighted by molar-refractivity contribution is 6.30. The van der Waals surface area contributed by atoms with Crippen LogP contribution in [0.15, 0.2) is 73.3 Å². The highest BCUT2D eigenvalue weighted by Crippen LogP contribution is 2.22. The predicted molar refractivity (Wildman–Crippen MR) is 102 cm³/mol. The van der Waals surface area contributed by atoms with Crippen LogP contribution in [0.5, 0.6) is 0 Å². The molecule has 1 heterocycles. The maximum absolute atomic E-state index is 13.2. The molecule has 0 N–H and O–H groups in total. The molecule has 0 radical (unpaired) electrons. The minimum atomic E-state index is -0.246. The van der Waals surface area contributed by atoms with Crippen molar-refractivity contribution in [3.63, 3.8) is 0 Å². The zero-order valence-corrected chi connectivity index (χ0v) is 15.0. The van der Waals surface area contributed by atoms with Gasteiger partial charge in [0.05, 0.1) is 19.0 Å². The number of benzene rings is 2. The maximum Gasteiger partial charge on any atom is 0.123 e. The molecule has 3 aromatic rings. The van der Waals surface area contributed by atoms with E-state index in [-0.39, 0.29) is 11.9 Å². The molecule has 0 fully saturated rings. The zero-order valence-electron chi connectivity index (χ0n) is 14.3. The number of aromatic nitrogens is 2. The normalized spacial score (nSPS) is 12.5. The van der Waals surface area contributed by atoms with Gasteiger partial charge in [0.15, 0.2) is 0 Å².